The van der Waals surface area contributed by atoms with E-state index in [4.69, 9.17) is 19.4 Å². The van der Waals surface area contributed by atoms with E-state index in [1.54, 1.807) is 34.3 Å². The number of nitrogens with zero attached hydrogens (tertiary/aromatic N) is 7. The number of thiophene rings is 1. The Hall–Kier alpha value is -5.04. The van der Waals surface area contributed by atoms with E-state index in [9.17, 15) is 19.2 Å². The van der Waals surface area contributed by atoms with Gasteiger partial charge in [0.15, 0.2) is 6.23 Å². The molecule has 7 aliphatic heterocycles. The van der Waals surface area contributed by atoms with Gasteiger partial charge in [-0.1, -0.05) is 69.6 Å². The van der Waals surface area contributed by atoms with E-state index in [2.05, 4.69) is 31.4 Å². The van der Waals surface area contributed by atoms with Crippen LogP contribution in [-0.4, -0.2) is 132 Å². The Balaban J connectivity index is 0.776. The molecule has 15 nitrogen and oxygen atoms in total. The molecular weight excluding hydrogens is 953 g/mol. The molecule has 8 bridgehead atoms. The van der Waals surface area contributed by atoms with Crippen molar-refractivity contribution in [3.63, 3.8) is 0 Å². The monoisotopic (exact) mass is 1030 g/mol. The summed E-state index contributed by atoms with van der Waals surface area (Å²) in [7, 11) is 1.81. The Morgan fingerprint density at radius 2 is 1.64 bits per heavy atom. The fourth-order valence-electron chi connectivity index (χ4n) is 11.5. The van der Waals surface area contributed by atoms with Gasteiger partial charge in [-0.15, -0.1) is 11.3 Å². The van der Waals surface area contributed by atoms with Crippen molar-refractivity contribution < 1.29 is 37.4 Å². The summed E-state index contributed by atoms with van der Waals surface area (Å²) in [5.41, 5.74) is 4.29. The van der Waals surface area contributed by atoms with E-state index in [0.29, 0.717) is 70.0 Å². The number of halogens is 2. The SMILES string of the molecule is C[C@H]1Nc2ncnc3c2C=C(N2CCOCC2)C(OCCCCCCCCCC(=O)N(C)Cc2scc4c2CN(C2CCC(=O)NC2=O)C4=O)N3CCCCCCCN2CCC(CC2)C(F)(F)c2cccc1c2. The lowest BCUT2D eigenvalue weighted by molar-refractivity contribution is -0.137. The minimum Gasteiger partial charge on any atom is -0.378 e. The number of hydrogen-bond acceptors (Lipinski definition) is 13. The van der Waals surface area contributed by atoms with E-state index in [-0.39, 0.29) is 42.0 Å². The zero-order valence-corrected chi connectivity index (χ0v) is 43.7. The fourth-order valence-corrected chi connectivity index (χ4v) is 12.6. The number of alkyl halides is 2. The van der Waals surface area contributed by atoms with Gasteiger partial charge in [-0.05, 0) is 94.8 Å². The molecule has 9 heterocycles. The number of piperidine rings is 2. The standard InChI is InChI=1S/C55H75F2N9O6S/c1-38-39-16-15-17-41(32-39)55(56,57)40-21-25-63(26-22-40)23-12-8-6-9-13-24-65-51-42(50(60-38)58-37-59-51)33-46(64-27-30-71-31-28-64)54(65)72-29-14-10-5-3-4-7-11-18-49(68)62(2)35-47-43-34-66(53(70)44(43)36-73-47)45-19-20-48(67)61-52(45)69/h15-17,32-33,36-38,40,45,54H,3-14,18-31,34-35H2,1-2H3,(H,58,59,60)(H,61,67,69)/t38-,45?,54?/m1/s1. The summed E-state index contributed by atoms with van der Waals surface area (Å²) in [6, 6.07) is 6.00. The molecule has 3 fully saturated rings. The summed E-state index contributed by atoms with van der Waals surface area (Å²) < 4.78 is 45.1. The smallest absolute Gasteiger partial charge is 0.276 e. The van der Waals surface area contributed by atoms with E-state index < -0.39 is 23.8 Å². The Morgan fingerprint density at radius 3 is 2.42 bits per heavy atom. The molecule has 4 amide bonds. The van der Waals surface area contributed by atoms with Crippen molar-refractivity contribution in [3.05, 3.63) is 74.4 Å². The van der Waals surface area contributed by atoms with Crippen molar-refractivity contribution in [2.45, 2.75) is 153 Å². The molecule has 10 rings (SSSR count). The molecule has 1 aromatic carbocycles. The average Bonchev–Trinajstić information content (AvgIpc) is 3.95. The van der Waals surface area contributed by atoms with Crippen molar-refractivity contribution in [3.8, 4) is 0 Å². The largest absolute Gasteiger partial charge is 0.378 e. The van der Waals surface area contributed by atoms with Gasteiger partial charge in [-0.2, -0.15) is 0 Å². The highest BCUT2D eigenvalue weighted by atomic mass is 32.1. The normalized spacial score (nSPS) is 24.6. The van der Waals surface area contributed by atoms with Gasteiger partial charge in [0, 0.05) is 80.5 Å². The van der Waals surface area contributed by atoms with Crippen molar-refractivity contribution >= 4 is 52.7 Å². The summed E-state index contributed by atoms with van der Waals surface area (Å²) in [6.45, 7) is 9.25. The number of nitrogens with one attached hydrogen (secondary N) is 2. The molecule has 0 spiro atoms. The highest BCUT2D eigenvalue weighted by molar-refractivity contribution is 7.10. The zero-order valence-electron chi connectivity index (χ0n) is 42.9. The predicted octanol–water partition coefficient (Wildman–Crippen LogP) is 8.86. The van der Waals surface area contributed by atoms with Gasteiger partial charge in [0.2, 0.25) is 17.7 Å². The summed E-state index contributed by atoms with van der Waals surface area (Å²) in [5, 5.41) is 7.79. The van der Waals surface area contributed by atoms with Gasteiger partial charge in [0.05, 0.1) is 36.6 Å². The molecule has 3 aromatic rings. The Labute approximate surface area is 433 Å². The molecule has 0 radical (unpaired) electrons. The number of amides is 4. The van der Waals surface area contributed by atoms with Crippen molar-refractivity contribution in [2.75, 3.05) is 76.4 Å². The molecule has 18 heteroatoms. The number of ether oxygens (including phenoxy) is 2. The number of carbonyl (C=O) groups excluding carboxylic acids is 4. The van der Waals surface area contributed by atoms with Gasteiger partial charge in [-0.3, -0.25) is 24.5 Å². The van der Waals surface area contributed by atoms with Crippen LogP contribution in [0, 0.1) is 5.92 Å². The Kier molecular flexibility index (Phi) is 17.8. The first-order valence-electron chi connectivity index (χ1n) is 27.2. The van der Waals surface area contributed by atoms with E-state index >= 15 is 8.78 Å². The number of anilines is 2. The maximum Gasteiger partial charge on any atom is 0.276 e. The average molecular weight is 1030 g/mol. The van der Waals surface area contributed by atoms with Crippen LogP contribution in [0.4, 0.5) is 20.4 Å². The first kappa shape index (κ1) is 52.8. The molecule has 0 aliphatic carbocycles. The van der Waals surface area contributed by atoms with Crippen LogP contribution < -0.4 is 15.5 Å². The number of hydrogen-bond donors (Lipinski definition) is 2. The minimum atomic E-state index is -2.91. The first-order valence-corrected chi connectivity index (χ1v) is 28.1. The molecule has 0 saturated carbocycles. The number of aromatic nitrogens is 2. The van der Waals surface area contributed by atoms with Gasteiger partial charge < -0.3 is 39.3 Å². The molecule has 2 unspecified atom stereocenters. The molecule has 2 aromatic heterocycles. The minimum absolute atomic E-state index is 0.0747. The van der Waals surface area contributed by atoms with Crippen molar-refractivity contribution in [1.29, 1.82) is 0 Å². The number of benzene rings is 1. The summed E-state index contributed by atoms with van der Waals surface area (Å²) in [6.07, 6.45) is 17.8. The van der Waals surface area contributed by atoms with E-state index in [1.807, 2.05) is 25.4 Å². The first-order chi connectivity index (χ1) is 35.5. The van der Waals surface area contributed by atoms with Crippen LogP contribution in [0.2, 0.25) is 0 Å². The second kappa shape index (κ2) is 24.5. The Bertz CT molecular complexity index is 2440. The molecular formula is C55H75F2N9O6S. The quantitative estimate of drug-likeness (QED) is 0.111. The van der Waals surface area contributed by atoms with Gasteiger partial charge in [0.25, 0.3) is 11.8 Å². The highest BCUT2D eigenvalue weighted by Gasteiger charge is 2.44. The number of carbonyl (C=O) groups is 4. The summed E-state index contributed by atoms with van der Waals surface area (Å²) in [5.74, 6) is -2.94. The highest BCUT2D eigenvalue weighted by Crippen LogP contribution is 2.43. The van der Waals surface area contributed by atoms with E-state index in [0.717, 1.165) is 149 Å². The second-order valence-corrected chi connectivity index (χ2v) is 21.9. The predicted molar refractivity (Wildman–Crippen MR) is 278 cm³/mol. The fraction of sp³-hybridized carbons (Fsp3) is 0.636. The summed E-state index contributed by atoms with van der Waals surface area (Å²) in [4.78, 5) is 71.5. The van der Waals surface area contributed by atoms with Crippen LogP contribution in [0.5, 0.6) is 0 Å². The van der Waals surface area contributed by atoms with Crippen LogP contribution in [0.1, 0.15) is 160 Å². The van der Waals surface area contributed by atoms with Crippen LogP contribution in [0.15, 0.2) is 41.7 Å². The van der Waals surface area contributed by atoms with Crippen LogP contribution in [-0.2, 0) is 42.9 Å². The molecule has 7 aliphatic rings. The topological polar surface area (TPSA) is 153 Å². The molecule has 3 saturated heterocycles. The number of unbranched alkanes of at least 4 members (excludes halogenated alkanes) is 6. The third kappa shape index (κ3) is 12.6. The van der Waals surface area contributed by atoms with Crippen LogP contribution >= 0.6 is 11.3 Å². The molecule has 3 atom stereocenters. The van der Waals surface area contributed by atoms with Crippen LogP contribution in [0.25, 0.3) is 6.08 Å². The third-order valence-corrected chi connectivity index (χ3v) is 17.0. The lowest BCUT2D eigenvalue weighted by Gasteiger charge is -2.43. The Morgan fingerprint density at radius 1 is 0.904 bits per heavy atom. The van der Waals surface area contributed by atoms with Crippen molar-refractivity contribution in [2.24, 2.45) is 5.92 Å². The van der Waals surface area contributed by atoms with Crippen LogP contribution in [0.3, 0.4) is 0 Å². The number of morpholine rings is 1. The van der Waals surface area contributed by atoms with Gasteiger partial charge in [-0.25, -0.2) is 18.7 Å². The van der Waals surface area contributed by atoms with Gasteiger partial charge >= 0.3 is 0 Å². The zero-order chi connectivity index (χ0) is 50.9. The number of imide groups is 1. The molecule has 2 N–H and O–H groups in total. The maximum atomic E-state index is 16.2. The number of fused-ring (bicyclic) bond motifs is 10. The second-order valence-electron chi connectivity index (χ2n) is 21.0. The lowest BCUT2D eigenvalue weighted by atomic mass is 9.85. The molecule has 73 heavy (non-hydrogen) atoms. The van der Waals surface area contributed by atoms with Crippen molar-refractivity contribution in [1.82, 2.24) is 34.9 Å². The number of rotatable bonds is 15. The molecule has 396 valence electrons. The van der Waals surface area contributed by atoms with Gasteiger partial charge in [0.1, 0.15) is 24.0 Å². The third-order valence-electron chi connectivity index (χ3n) is 15.9. The lowest BCUT2D eigenvalue weighted by Crippen LogP contribution is -2.52. The summed E-state index contributed by atoms with van der Waals surface area (Å²) >= 11 is 1.48. The maximum absolute atomic E-state index is 16.2. The van der Waals surface area contributed by atoms with E-state index in [1.165, 1.54) is 11.3 Å².